The SMILES string of the molecule is CN(C)S(=O)(=O)N1CCN(C(=O)COCC(=O)O)CC1. The topological polar surface area (TPSA) is 107 Å². The Labute approximate surface area is 117 Å². The molecule has 1 rings (SSSR count). The molecule has 1 heterocycles. The van der Waals surface area contributed by atoms with Crippen LogP contribution in [0.15, 0.2) is 0 Å². The van der Waals surface area contributed by atoms with Crippen LogP contribution >= 0.6 is 0 Å². The van der Waals surface area contributed by atoms with Gasteiger partial charge in [0.15, 0.2) is 0 Å². The van der Waals surface area contributed by atoms with E-state index in [0.29, 0.717) is 0 Å². The Hall–Kier alpha value is -1.23. The Morgan fingerprint density at radius 3 is 2.15 bits per heavy atom. The van der Waals surface area contributed by atoms with Crippen LogP contribution < -0.4 is 0 Å². The summed E-state index contributed by atoms with van der Waals surface area (Å²) >= 11 is 0. The number of hydrogen-bond acceptors (Lipinski definition) is 5. The van der Waals surface area contributed by atoms with E-state index in [1.807, 2.05) is 0 Å². The summed E-state index contributed by atoms with van der Waals surface area (Å²) in [6, 6.07) is 0. The van der Waals surface area contributed by atoms with Crippen molar-refractivity contribution in [3.63, 3.8) is 0 Å². The first-order chi connectivity index (χ1) is 9.25. The predicted octanol–water partition coefficient (Wildman–Crippen LogP) is -1.96. The van der Waals surface area contributed by atoms with Gasteiger partial charge in [-0.2, -0.15) is 17.0 Å². The van der Waals surface area contributed by atoms with Crippen molar-refractivity contribution in [2.75, 3.05) is 53.5 Å². The average Bonchev–Trinajstić information content (AvgIpc) is 2.38. The molecule has 0 unspecified atom stereocenters. The minimum atomic E-state index is -3.46. The van der Waals surface area contributed by atoms with Crippen molar-refractivity contribution in [2.24, 2.45) is 0 Å². The van der Waals surface area contributed by atoms with Crippen molar-refractivity contribution in [1.29, 1.82) is 0 Å². The van der Waals surface area contributed by atoms with E-state index in [-0.39, 0.29) is 38.7 Å². The zero-order chi connectivity index (χ0) is 15.3. The van der Waals surface area contributed by atoms with E-state index in [1.54, 1.807) is 0 Å². The van der Waals surface area contributed by atoms with Crippen LogP contribution in [0.3, 0.4) is 0 Å². The first-order valence-electron chi connectivity index (χ1n) is 6.00. The predicted molar refractivity (Wildman–Crippen MR) is 69.2 cm³/mol. The summed E-state index contributed by atoms with van der Waals surface area (Å²) in [5, 5.41) is 8.39. The lowest BCUT2D eigenvalue weighted by Crippen LogP contribution is -2.53. The van der Waals surface area contributed by atoms with Gasteiger partial charge in [-0.05, 0) is 0 Å². The zero-order valence-corrected chi connectivity index (χ0v) is 12.3. The minimum Gasteiger partial charge on any atom is -0.480 e. The molecule has 0 atom stereocenters. The highest BCUT2D eigenvalue weighted by Crippen LogP contribution is 2.09. The van der Waals surface area contributed by atoms with Crippen LogP contribution in [0.2, 0.25) is 0 Å². The van der Waals surface area contributed by atoms with Crippen molar-refractivity contribution >= 4 is 22.1 Å². The Balaban J connectivity index is 2.42. The molecule has 0 spiro atoms. The minimum absolute atomic E-state index is 0.213. The number of carboxylic acids is 1. The maximum atomic E-state index is 11.9. The molecule has 20 heavy (non-hydrogen) atoms. The second-order valence-corrected chi connectivity index (χ2v) is 6.60. The van der Waals surface area contributed by atoms with Gasteiger partial charge in [0.1, 0.15) is 13.2 Å². The number of nitrogens with zero attached hydrogens (tertiary/aromatic N) is 3. The van der Waals surface area contributed by atoms with Gasteiger partial charge in [-0.15, -0.1) is 0 Å². The standard InChI is InChI=1S/C10H19N3O6S/c1-11(2)20(17,18)13-5-3-12(4-6-13)9(14)7-19-8-10(15)16/h3-8H2,1-2H3,(H,15,16). The number of rotatable bonds is 6. The molecule has 1 saturated heterocycles. The van der Waals surface area contributed by atoms with Crippen molar-refractivity contribution in [3.8, 4) is 0 Å². The molecular weight excluding hydrogens is 290 g/mol. The number of carbonyl (C=O) groups is 2. The number of carbonyl (C=O) groups excluding carboxylic acids is 1. The molecule has 1 fully saturated rings. The smallest absolute Gasteiger partial charge is 0.329 e. The van der Waals surface area contributed by atoms with E-state index in [9.17, 15) is 18.0 Å². The highest BCUT2D eigenvalue weighted by Gasteiger charge is 2.30. The number of aliphatic carboxylic acids is 1. The van der Waals surface area contributed by atoms with Crippen LogP contribution in [-0.2, 0) is 24.5 Å². The van der Waals surface area contributed by atoms with E-state index >= 15 is 0 Å². The molecule has 10 heteroatoms. The van der Waals surface area contributed by atoms with Gasteiger partial charge < -0.3 is 14.7 Å². The number of ether oxygens (including phenoxy) is 1. The normalized spacial score (nSPS) is 17.4. The lowest BCUT2D eigenvalue weighted by atomic mass is 10.3. The maximum Gasteiger partial charge on any atom is 0.329 e. The number of piperazine rings is 1. The quantitative estimate of drug-likeness (QED) is 0.610. The third-order valence-electron chi connectivity index (χ3n) is 2.83. The zero-order valence-electron chi connectivity index (χ0n) is 11.5. The van der Waals surface area contributed by atoms with E-state index in [1.165, 1.54) is 23.3 Å². The Morgan fingerprint density at radius 2 is 1.70 bits per heavy atom. The van der Waals surface area contributed by atoms with Gasteiger partial charge in [0, 0.05) is 40.3 Å². The number of amides is 1. The molecule has 1 N–H and O–H groups in total. The van der Waals surface area contributed by atoms with Gasteiger partial charge in [-0.1, -0.05) is 0 Å². The van der Waals surface area contributed by atoms with Crippen LogP contribution in [0.1, 0.15) is 0 Å². The van der Waals surface area contributed by atoms with Crippen LogP contribution in [0.5, 0.6) is 0 Å². The van der Waals surface area contributed by atoms with Gasteiger partial charge in [0.25, 0.3) is 10.2 Å². The second kappa shape index (κ2) is 6.97. The molecule has 0 aromatic rings. The lowest BCUT2D eigenvalue weighted by Gasteiger charge is -2.35. The van der Waals surface area contributed by atoms with Crippen molar-refractivity contribution < 1.29 is 27.9 Å². The van der Waals surface area contributed by atoms with E-state index < -0.39 is 22.8 Å². The first kappa shape index (κ1) is 16.8. The lowest BCUT2D eigenvalue weighted by molar-refractivity contribution is -0.146. The Morgan fingerprint density at radius 1 is 1.15 bits per heavy atom. The molecule has 0 aromatic carbocycles. The van der Waals surface area contributed by atoms with Gasteiger partial charge in [-0.25, -0.2) is 4.79 Å². The molecule has 1 aliphatic heterocycles. The molecule has 9 nitrogen and oxygen atoms in total. The summed E-state index contributed by atoms with van der Waals surface area (Å²) in [6.07, 6.45) is 0. The second-order valence-electron chi connectivity index (χ2n) is 4.46. The summed E-state index contributed by atoms with van der Waals surface area (Å²) < 4.78 is 30.9. The summed E-state index contributed by atoms with van der Waals surface area (Å²) in [5.74, 6) is -1.48. The molecule has 0 radical (unpaired) electrons. The molecule has 0 saturated carbocycles. The van der Waals surface area contributed by atoms with Crippen LogP contribution in [-0.4, -0.2) is 92.4 Å². The van der Waals surface area contributed by atoms with Crippen LogP contribution in [0.25, 0.3) is 0 Å². The van der Waals surface area contributed by atoms with Crippen molar-refractivity contribution in [2.45, 2.75) is 0 Å². The fourth-order valence-corrected chi connectivity index (χ4v) is 2.80. The van der Waals surface area contributed by atoms with Gasteiger partial charge >= 0.3 is 5.97 Å². The highest BCUT2D eigenvalue weighted by atomic mass is 32.2. The fourth-order valence-electron chi connectivity index (χ4n) is 1.72. The average molecular weight is 309 g/mol. The fraction of sp³-hybridized carbons (Fsp3) is 0.800. The van der Waals surface area contributed by atoms with Gasteiger partial charge in [0.05, 0.1) is 0 Å². The monoisotopic (exact) mass is 309 g/mol. The molecule has 0 aromatic heterocycles. The summed E-state index contributed by atoms with van der Waals surface area (Å²) in [6.45, 7) is 0.120. The van der Waals surface area contributed by atoms with Crippen molar-refractivity contribution in [1.82, 2.24) is 13.5 Å². The number of hydrogen-bond donors (Lipinski definition) is 1. The van der Waals surface area contributed by atoms with Crippen molar-refractivity contribution in [3.05, 3.63) is 0 Å². The molecule has 1 amide bonds. The molecule has 116 valence electrons. The molecule has 0 aliphatic carbocycles. The third kappa shape index (κ3) is 4.40. The molecule has 1 aliphatic rings. The van der Waals surface area contributed by atoms with Gasteiger partial charge in [-0.3, -0.25) is 4.79 Å². The Bertz CT molecular complexity index is 456. The number of carboxylic acid groups (broad SMARTS) is 1. The largest absolute Gasteiger partial charge is 0.480 e. The Kier molecular flexibility index (Phi) is 5.87. The molecule has 0 bridgehead atoms. The summed E-state index contributed by atoms with van der Waals surface area (Å²) in [7, 11) is -0.556. The van der Waals surface area contributed by atoms with Gasteiger partial charge in [0.2, 0.25) is 5.91 Å². The summed E-state index contributed by atoms with van der Waals surface area (Å²) in [4.78, 5) is 23.4. The van der Waals surface area contributed by atoms with E-state index in [2.05, 4.69) is 0 Å². The van der Waals surface area contributed by atoms with E-state index in [0.717, 1.165) is 4.31 Å². The maximum absolute atomic E-state index is 11.9. The third-order valence-corrected chi connectivity index (χ3v) is 4.77. The van der Waals surface area contributed by atoms with E-state index in [4.69, 9.17) is 9.84 Å². The molecular formula is C10H19N3O6S. The van der Waals surface area contributed by atoms with Crippen LogP contribution in [0, 0.1) is 0 Å². The van der Waals surface area contributed by atoms with Crippen LogP contribution in [0.4, 0.5) is 0 Å². The summed E-state index contributed by atoms with van der Waals surface area (Å²) in [5.41, 5.74) is 0. The first-order valence-corrected chi connectivity index (χ1v) is 7.39. The highest BCUT2D eigenvalue weighted by molar-refractivity contribution is 7.86.